The summed E-state index contributed by atoms with van der Waals surface area (Å²) in [6.07, 6.45) is 6.45. The molecular formula is C23H35N3O6S. The van der Waals surface area contributed by atoms with E-state index in [1.807, 2.05) is 49.0 Å². The summed E-state index contributed by atoms with van der Waals surface area (Å²) in [5.41, 5.74) is 5.92. The minimum Gasteiger partial charge on any atom is -0.350 e. The minimum atomic E-state index is -3.55. The summed E-state index contributed by atoms with van der Waals surface area (Å²) in [5, 5.41) is 0. The van der Waals surface area contributed by atoms with E-state index in [9.17, 15) is 18.0 Å². The molecule has 10 heteroatoms. The molecule has 9 nitrogen and oxygen atoms in total. The summed E-state index contributed by atoms with van der Waals surface area (Å²) in [6, 6.07) is 9.21. The fraction of sp³-hybridized carbons (Fsp3) is 0.565. The van der Waals surface area contributed by atoms with Crippen LogP contribution in [0.25, 0.3) is 5.57 Å². The monoisotopic (exact) mass is 481 g/mol. The number of rotatable bonds is 12. The van der Waals surface area contributed by atoms with Crippen molar-refractivity contribution in [3.8, 4) is 0 Å². The SMILES string of the molecule is CC(C)C[C@@H](CCC=C(C(=O)NO[C@H]1CCCCO1)c1ccccc1)C(=O)NNS(C)(=O)=O. The van der Waals surface area contributed by atoms with Crippen LogP contribution in [0.2, 0.25) is 0 Å². The fourth-order valence-corrected chi connectivity index (χ4v) is 3.82. The Morgan fingerprint density at radius 2 is 1.94 bits per heavy atom. The number of hydrazine groups is 1. The van der Waals surface area contributed by atoms with Crippen molar-refractivity contribution in [2.75, 3.05) is 12.9 Å². The molecule has 1 heterocycles. The fourth-order valence-electron chi connectivity index (χ4n) is 3.54. The first-order valence-electron chi connectivity index (χ1n) is 11.3. The first-order valence-corrected chi connectivity index (χ1v) is 13.1. The topological polar surface area (TPSA) is 123 Å². The summed E-state index contributed by atoms with van der Waals surface area (Å²) in [7, 11) is -3.55. The third kappa shape index (κ3) is 10.5. The molecule has 1 aliphatic heterocycles. The third-order valence-corrected chi connectivity index (χ3v) is 5.57. The number of amides is 2. The number of carbonyl (C=O) groups is 2. The predicted molar refractivity (Wildman–Crippen MR) is 126 cm³/mol. The first kappa shape index (κ1) is 27.0. The third-order valence-electron chi connectivity index (χ3n) is 5.10. The number of carbonyl (C=O) groups excluding carboxylic acids is 2. The number of allylic oxidation sites excluding steroid dienone is 1. The van der Waals surface area contributed by atoms with Gasteiger partial charge in [0, 0.05) is 24.5 Å². The number of nitrogens with one attached hydrogen (secondary N) is 3. The molecule has 0 spiro atoms. The van der Waals surface area contributed by atoms with Crippen molar-refractivity contribution < 1.29 is 27.6 Å². The van der Waals surface area contributed by atoms with Gasteiger partial charge in [0.05, 0.1) is 6.26 Å². The van der Waals surface area contributed by atoms with Gasteiger partial charge >= 0.3 is 0 Å². The standard InChI is InChI=1S/C23H35N3O6S/c1-17(2)16-19(22(27)24-26-33(3,29)30)12-9-13-20(18-10-5-4-6-11-18)23(28)25-32-21-14-7-8-15-31-21/h4-6,10-11,13,17,19,21,26H,7-9,12,14-16H2,1-3H3,(H,24,27)(H,25,28)/t19-,21+/m1/s1. The zero-order valence-corrected chi connectivity index (χ0v) is 20.3. The van der Waals surface area contributed by atoms with Crippen LogP contribution < -0.4 is 15.7 Å². The molecule has 1 aromatic rings. The summed E-state index contributed by atoms with van der Waals surface area (Å²) in [4.78, 5) is 32.8. The van der Waals surface area contributed by atoms with Crippen molar-refractivity contribution in [2.24, 2.45) is 11.8 Å². The van der Waals surface area contributed by atoms with E-state index in [-0.39, 0.29) is 11.8 Å². The van der Waals surface area contributed by atoms with E-state index < -0.39 is 28.1 Å². The van der Waals surface area contributed by atoms with Crippen LogP contribution in [0.5, 0.6) is 0 Å². The van der Waals surface area contributed by atoms with Crippen molar-refractivity contribution in [2.45, 2.75) is 58.7 Å². The van der Waals surface area contributed by atoms with E-state index in [2.05, 4.69) is 10.9 Å². The summed E-state index contributed by atoms with van der Waals surface area (Å²) < 4.78 is 28.1. The Morgan fingerprint density at radius 3 is 2.55 bits per heavy atom. The van der Waals surface area contributed by atoms with Gasteiger partial charge < -0.3 is 4.74 Å². The molecule has 0 aromatic heterocycles. The summed E-state index contributed by atoms with van der Waals surface area (Å²) >= 11 is 0. The lowest BCUT2D eigenvalue weighted by Gasteiger charge is -2.22. The molecule has 2 rings (SSSR count). The van der Waals surface area contributed by atoms with Gasteiger partial charge in [-0.3, -0.25) is 15.0 Å². The van der Waals surface area contributed by atoms with E-state index in [0.717, 1.165) is 31.1 Å². The van der Waals surface area contributed by atoms with Crippen LogP contribution in [0.3, 0.4) is 0 Å². The lowest BCUT2D eigenvalue weighted by molar-refractivity contribution is -0.198. The molecule has 184 valence electrons. The Bertz CT molecular complexity index is 896. The Kier molecular flexibility index (Phi) is 11.0. The Morgan fingerprint density at radius 1 is 1.21 bits per heavy atom. The van der Waals surface area contributed by atoms with Gasteiger partial charge in [0.1, 0.15) is 0 Å². The molecule has 1 aliphatic rings. The van der Waals surface area contributed by atoms with Crippen molar-refractivity contribution in [1.82, 2.24) is 15.7 Å². The average Bonchev–Trinajstić information content (AvgIpc) is 2.78. The molecule has 2 atom stereocenters. The highest BCUT2D eigenvalue weighted by Crippen LogP contribution is 2.21. The van der Waals surface area contributed by atoms with Crippen LogP contribution in [0.4, 0.5) is 0 Å². The highest BCUT2D eigenvalue weighted by molar-refractivity contribution is 7.88. The van der Waals surface area contributed by atoms with Crippen LogP contribution in [-0.4, -0.2) is 39.4 Å². The number of benzene rings is 1. The molecule has 0 radical (unpaired) electrons. The number of hydroxylamine groups is 1. The van der Waals surface area contributed by atoms with Gasteiger partial charge in [0.2, 0.25) is 15.9 Å². The summed E-state index contributed by atoms with van der Waals surface area (Å²) in [5.74, 6) is -0.962. The second kappa shape index (κ2) is 13.4. The molecule has 3 N–H and O–H groups in total. The van der Waals surface area contributed by atoms with Gasteiger partial charge in [-0.1, -0.05) is 50.3 Å². The van der Waals surface area contributed by atoms with Gasteiger partial charge in [-0.05, 0) is 43.6 Å². The molecular weight excluding hydrogens is 446 g/mol. The molecule has 0 bridgehead atoms. The zero-order chi connectivity index (χ0) is 24.3. The highest BCUT2D eigenvalue weighted by Gasteiger charge is 2.21. The van der Waals surface area contributed by atoms with Gasteiger partial charge in [-0.25, -0.2) is 18.7 Å². The summed E-state index contributed by atoms with van der Waals surface area (Å²) in [6.45, 7) is 4.59. The number of hydrogen-bond donors (Lipinski definition) is 3. The Balaban J connectivity index is 2.06. The molecule has 1 saturated heterocycles. The number of hydrogen-bond acceptors (Lipinski definition) is 6. The molecule has 0 unspecified atom stereocenters. The van der Waals surface area contributed by atoms with Crippen molar-refractivity contribution in [3.63, 3.8) is 0 Å². The zero-order valence-electron chi connectivity index (χ0n) is 19.5. The quantitative estimate of drug-likeness (QED) is 0.312. The first-order chi connectivity index (χ1) is 15.7. The lowest BCUT2D eigenvalue weighted by Crippen LogP contribution is -2.44. The normalized spacial score (nSPS) is 18.1. The van der Waals surface area contributed by atoms with Crippen molar-refractivity contribution >= 4 is 27.4 Å². The Hall–Kier alpha value is -2.27. The van der Waals surface area contributed by atoms with Crippen LogP contribution in [-0.2, 0) is 29.2 Å². The molecule has 1 aromatic carbocycles. The van der Waals surface area contributed by atoms with Gasteiger partial charge in [0.25, 0.3) is 5.91 Å². The van der Waals surface area contributed by atoms with Crippen molar-refractivity contribution in [1.29, 1.82) is 0 Å². The van der Waals surface area contributed by atoms with Gasteiger partial charge in [-0.15, -0.1) is 4.83 Å². The second-order valence-electron chi connectivity index (χ2n) is 8.60. The van der Waals surface area contributed by atoms with E-state index in [1.54, 1.807) is 6.08 Å². The molecule has 1 fully saturated rings. The second-order valence-corrected chi connectivity index (χ2v) is 10.3. The van der Waals surface area contributed by atoms with Crippen LogP contribution in [0, 0.1) is 11.8 Å². The van der Waals surface area contributed by atoms with Gasteiger partial charge in [-0.2, -0.15) is 0 Å². The maximum Gasteiger partial charge on any atom is 0.275 e. The van der Waals surface area contributed by atoms with E-state index in [0.29, 0.717) is 31.4 Å². The van der Waals surface area contributed by atoms with Crippen LogP contribution in [0.15, 0.2) is 36.4 Å². The minimum absolute atomic E-state index is 0.240. The average molecular weight is 482 g/mol. The van der Waals surface area contributed by atoms with E-state index in [1.165, 1.54) is 0 Å². The largest absolute Gasteiger partial charge is 0.350 e. The lowest BCUT2D eigenvalue weighted by atomic mass is 9.91. The van der Waals surface area contributed by atoms with E-state index >= 15 is 0 Å². The predicted octanol–water partition coefficient (Wildman–Crippen LogP) is 2.67. The molecule has 2 amide bonds. The van der Waals surface area contributed by atoms with Crippen molar-refractivity contribution in [3.05, 3.63) is 42.0 Å². The Labute approximate surface area is 196 Å². The molecule has 33 heavy (non-hydrogen) atoms. The van der Waals surface area contributed by atoms with Gasteiger partial charge in [0.15, 0.2) is 6.29 Å². The van der Waals surface area contributed by atoms with E-state index in [4.69, 9.17) is 9.57 Å². The maximum absolute atomic E-state index is 12.9. The maximum atomic E-state index is 12.9. The van der Waals surface area contributed by atoms with Crippen LogP contribution in [0.1, 0.15) is 57.9 Å². The number of ether oxygens (including phenoxy) is 1. The molecule has 0 saturated carbocycles. The highest BCUT2D eigenvalue weighted by atomic mass is 32.2. The number of sulfonamides is 1. The smallest absolute Gasteiger partial charge is 0.275 e. The molecule has 0 aliphatic carbocycles. The van der Waals surface area contributed by atoms with Crippen LogP contribution >= 0.6 is 0 Å².